The molecule has 0 fully saturated rings. The molecule has 21 heavy (non-hydrogen) atoms. The van der Waals surface area contributed by atoms with Crippen LogP contribution in [0, 0.1) is 0 Å². The Labute approximate surface area is 127 Å². The van der Waals surface area contributed by atoms with Crippen molar-refractivity contribution in [1.29, 1.82) is 0 Å². The van der Waals surface area contributed by atoms with Gasteiger partial charge in [0.25, 0.3) is 0 Å². The van der Waals surface area contributed by atoms with E-state index in [4.69, 9.17) is 14.2 Å². The Balaban J connectivity index is 2.89. The predicted molar refractivity (Wildman–Crippen MR) is 80.0 cm³/mol. The van der Waals surface area contributed by atoms with E-state index in [9.17, 15) is 9.90 Å². The second-order valence-corrected chi connectivity index (χ2v) is 5.14. The zero-order chi connectivity index (χ0) is 15.8. The van der Waals surface area contributed by atoms with Crippen LogP contribution in [-0.2, 0) is 19.0 Å². The van der Waals surface area contributed by atoms with Gasteiger partial charge in [0.05, 0.1) is 18.8 Å². The molecule has 0 aromatic carbocycles. The summed E-state index contributed by atoms with van der Waals surface area (Å²) in [4.78, 5) is 11.9. The Kier molecular flexibility index (Phi) is 7.93. The van der Waals surface area contributed by atoms with E-state index in [0.717, 1.165) is 12.8 Å². The van der Waals surface area contributed by atoms with E-state index < -0.39 is 18.3 Å². The minimum atomic E-state index is -0.760. The van der Waals surface area contributed by atoms with Crippen molar-refractivity contribution in [3.8, 4) is 0 Å². The highest BCUT2D eigenvalue weighted by Crippen LogP contribution is 2.26. The van der Waals surface area contributed by atoms with Gasteiger partial charge in [-0.1, -0.05) is 13.8 Å². The Hall–Kier alpha value is -0.910. The van der Waals surface area contributed by atoms with Gasteiger partial charge in [0, 0.05) is 18.6 Å². The first-order valence-electron chi connectivity index (χ1n) is 7.90. The molecular weight excluding hydrogens is 272 g/mol. The maximum Gasteiger partial charge on any atom is 0.333 e. The molecule has 0 radical (unpaired) electrons. The molecule has 0 aromatic heterocycles. The minimum absolute atomic E-state index is 0.0599. The van der Waals surface area contributed by atoms with E-state index in [2.05, 4.69) is 0 Å². The number of hydrogen-bond acceptors (Lipinski definition) is 5. The molecule has 1 aliphatic carbocycles. The molecule has 1 N–H and O–H groups in total. The fraction of sp³-hybridized carbons (Fsp3) is 0.812. The highest BCUT2D eigenvalue weighted by Gasteiger charge is 2.36. The Morgan fingerprint density at radius 3 is 2.48 bits per heavy atom. The molecule has 5 nitrogen and oxygen atoms in total. The van der Waals surface area contributed by atoms with Crippen molar-refractivity contribution in [2.45, 2.75) is 71.4 Å². The number of carbonyl (C=O) groups excluding carboxylic acids is 1. The highest BCUT2D eigenvalue weighted by molar-refractivity contribution is 5.88. The lowest BCUT2D eigenvalue weighted by Gasteiger charge is -2.34. The van der Waals surface area contributed by atoms with Crippen LogP contribution in [0.15, 0.2) is 11.6 Å². The monoisotopic (exact) mass is 300 g/mol. The summed E-state index contributed by atoms with van der Waals surface area (Å²) >= 11 is 0. The van der Waals surface area contributed by atoms with Crippen LogP contribution < -0.4 is 0 Å². The quantitative estimate of drug-likeness (QED) is 0.696. The van der Waals surface area contributed by atoms with Crippen LogP contribution in [0.25, 0.3) is 0 Å². The third kappa shape index (κ3) is 5.09. The second-order valence-electron chi connectivity index (χ2n) is 5.14. The van der Waals surface area contributed by atoms with E-state index in [0.29, 0.717) is 25.2 Å². The summed E-state index contributed by atoms with van der Waals surface area (Å²) in [5.41, 5.74) is 0.525. The smallest absolute Gasteiger partial charge is 0.333 e. The predicted octanol–water partition coefficient (Wildman–Crippen LogP) is 2.22. The summed E-state index contributed by atoms with van der Waals surface area (Å²) in [7, 11) is 0. The topological polar surface area (TPSA) is 65.0 Å². The number of esters is 1. The molecule has 5 heteroatoms. The van der Waals surface area contributed by atoms with Crippen LogP contribution >= 0.6 is 0 Å². The molecule has 0 bridgehead atoms. The molecule has 0 saturated carbocycles. The van der Waals surface area contributed by atoms with Gasteiger partial charge in [0.15, 0.2) is 0 Å². The zero-order valence-corrected chi connectivity index (χ0v) is 13.5. The number of aliphatic hydroxyl groups excluding tert-OH is 1. The van der Waals surface area contributed by atoms with Gasteiger partial charge in [-0.25, -0.2) is 4.79 Å². The summed E-state index contributed by atoms with van der Waals surface area (Å²) in [5.74, 6) is -0.354. The normalized spacial score (nSPS) is 25.8. The van der Waals surface area contributed by atoms with Crippen molar-refractivity contribution in [1.82, 2.24) is 0 Å². The Morgan fingerprint density at radius 2 is 1.95 bits per heavy atom. The van der Waals surface area contributed by atoms with Crippen molar-refractivity contribution in [2.75, 3.05) is 13.2 Å². The third-order valence-corrected chi connectivity index (χ3v) is 3.68. The number of rotatable bonds is 8. The zero-order valence-electron chi connectivity index (χ0n) is 13.5. The van der Waals surface area contributed by atoms with E-state index in [1.54, 1.807) is 13.0 Å². The molecule has 0 spiro atoms. The molecule has 0 heterocycles. The fourth-order valence-corrected chi connectivity index (χ4v) is 2.48. The van der Waals surface area contributed by atoms with Gasteiger partial charge in [0.2, 0.25) is 0 Å². The summed E-state index contributed by atoms with van der Waals surface area (Å²) in [6.07, 6.45) is 2.11. The number of carbonyl (C=O) groups is 1. The summed E-state index contributed by atoms with van der Waals surface area (Å²) in [6.45, 7) is 8.53. The van der Waals surface area contributed by atoms with Gasteiger partial charge in [-0.3, -0.25) is 0 Å². The van der Waals surface area contributed by atoms with Crippen molar-refractivity contribution in [3.05, 3.63) is 11.6 Å². The van der Waals surface area contributed by atoms with Gasteiger partial charge in [-0.2, -0.15) is 0 Å². The van der Waals surface area contributed by atoms with Crippen LogP contribution in [0.3, 0.4) is 0 Å². The first-order valence-corrected chi connectivity index (χ1v) is 7.90. The molecule has 1 aliphatic rings. The summed E-state index contributed by atoms with van der Waals surface area (Å²) < 4.78 is 16.5. The average molecular weight is 300 g/mol. The lowest BCUT2D eigenvalue weighted by atomic mass is 9.91. The molecule has 0 aliphatic heterocycles. The molecule has 0 saturated heterocycles. The maximum atomic E-state index is 11.9. The molecular formula is C16H28O5. The molecule has 1 rings (SSSR count). The van der Waals surface area contributed by atoms with Gasteiger partial charge >= 0.3 is 5.97 Å². The number of hydrogen-bond donors (Lipinski definition) is 1. The van der Waals surface area contributed by atoms with Gasteiger partial charge in [-0.15, -0.1) is 0 Å². The van der Waals surface area contributed by atoms with Crippen LogP contribution in [0.4, 0.5) is 0 Å². The van der Waals surface area contributed by atoms with E-state index in [1.165, 1.54) is 0 Å². The standard InChI is InChI=1S/C16H28O5/c1-5-12(6-2)21-14-10-11(16(18)20-8-4)9-13(15(14)17)19-7-3/h10,12-15,17H,5-9H2,1-4H3/t13-,14-,15+/m1/s1. The fourth-order valence-electron chi connectivity index (χ4n) is 2.48. The van der Waals surface area contributed by atoms with E-state index in [-0.39, 0.29) is 12.1 Å². The molecule has 3 atom stereocenters. The van der Waals surface area contributed by atoms with Crippen molar-refractivity contribution < 1.29 is 24.1 Å². The third-order valence-electron chi connectivity index (χ3n) is 3.68. The second kappa shape index (κ2) is 9.18. The number of ether oxygens (including phenoxy) is 3. The van der Waals surface area contributed by atoms with Crippen LogP contribution in [0.2, 0.25) is 0 Å². The lowest BCUT2D eigenvalue weighted by molar-refractivity contribution is -0.143. The maximum absolute atomic E-state index is 11.9. The summed E-state index contributed by atoms with van der Waals surface area (Å²) in [6, 6.07) is 0. The van der Waals surface area contributed by atoms with Crippen LogP contribution in [-0.4, -0.2) is 48.7 Å². The summed E-state index contributed by atoms with van der Waals surface area (Å²) in [5, 5.41) is 10.4. The largest absolute Gasteiger partial charge is 0.463 e. The first kappa shape index (κ1) is 18.1. The van der Waals surface area contributed by atoms with E-state index >= 15 is 0 Å². The molecule has 0 unspecified atom stereocenters. The molecule has 0 amide bonds. The minimum Gasteiger partial charge on any atom is -0.463 e. The average Bonchev–Trinajstić information content (AvgIpc) is 2.48. The Morgan fingerprint density at radius 1 is 1.29 bits per heavy atom. The lowest BCUT2D eigenvalue weighted by Crippen LogP contribution is -2.45. The SMILES string of the molecule is CCOC(=O)C1=C[C@@H](OC(CC)CC)[C@@H](O)[C@H](OCC)C1. The van der Waals surface area contributed by atoms with Crippen molar-refractivity contribution >= 4 is 5.97 Å². The van der Waals surface area contributed by atoms with Gasteiger partial charge < -0.3 is 19.3 Å². The highest BCUT2D eigenvalue weighted by atomic mass is 16.5. The molecule has 122 valence electrons. The van der Waals surface area contributed by atoms with Crippen molar-refractivity contribution in [2.24, 2.45) is 0 Å². The van der Waals surface area contributed by atoms with E-state index in [1.807, 2.05) is 20.8 Å². The van der Waals surface area contributed by atoms with Gasteiger partial charge in [0.1, 0.15) is 12.2 Å². The first-order chi connectivity index (χ1) is 10.1. The van der Waals surface area contributed by atoms with Crippen LogP contribution in [0.5, 0.6) is 0 Å². The number of aliphatic hydroxyl groups is 1. The van der Waals surface area contributed by atoms with Gasteiger partial charge in [-0.05, 0) is 32.8 Å². The van der Waals surface area contributed by atoms with Crippen LogP contribution in [0.1, 0.15) is 47.0 Å². The molecule has 0 aromatic rings. The van der Waals surface area contributed by atoms with Crippen molar-refractivity contribution in [3.63, 3.8) is 0 Å². The Bertz CT molecular complexity index is 349.